The van der Waals surface area contributed by atoms with Crippen molar-refractivity contribution in [1.82, 2.24) is 15.5 Å². The van der Waals surface area contributed by atoms with Gasteiger partial charge in [-0.05, 0) is 75.7 Å². The van der Waals surface area contributed by atoms with Crippen LogP contribution in [0.25, 0.3) is 0 Å². The van der Waals surface area contributed by atoms with Gasteiger partial charge in [0.1, 0.15) is 5.60 Å². The minimum atomic E-state index is -0.451. The monoisotopic (exact) mass is 453 g/mol. The molecule has 0 aromatic heterocycles. The van der Waals surface area contributed by atoms with Crippen molar-refractivity contribution in [2.75, 3.05) is 31.1 Å². The van der Waals surface area contributed by atoms with Crippen LogP contribution in [0.3, 0.4) is 0 Å². The van der Waals surface area contributed by atoms with Crippen molar-refractivity contribution >= 4 is 29.5 Å². The average Bonchev–Trinajstić information content (AvgIpc) is 2.71. The van der Waals surface area contributed by atoms with E-state index in [1.807, 2.05) is 49.6 Å². The number of thioether (sulfide) groups is 1. The molecule has 168 valence electrons. The van der Waals surface area contributed by atoms with Crippen molar-refractivity contribution in [3.8, 4) is 0 Å². The minimum Gasteiger partial charge on any atom is -0.444 e. The molecule has 2 aliphatic rings. The molecule has 0 aliphatic carbocycles. The third kappa shape index (κ3) is 7.63. The molecule has 1 unspecified atom stereocenters. The lowest BCUT2D eigenvalue weighted by atomic mass is 10.00. The predicted molar refractivity (Wildman–Crippen MR) is 127 cm³/mol. The Morgan fingerprint density at radius 2 is 1.90 bits per heavy atom. The number of rotatable bonds is 6. The number of nitrogens with zero attached hydrogens (tertiary/aromatic N) is 1. The molecule has 5 nitrogen and oxygen atoms in total. The molecule has 0 spiro atoms. The van der Waals surface area contributed by atoms with Crippen molar-refractivity contribution in [2.45, 2.75) is 70.2 Å². The number of benzene rings is 1. The maximum atomic E-state index is 12.3. The molecule has 2 heterocycles. The summed E-state index contributed by atoms with van der Waals surface area (Å²) in [4.78, 5) is 14.2. The zero-order valence-electron chi connectivity index (χ0n) is 18.5. The van der Waals surface area contributed by atoms with E-state index in [1.165, 1.54) is 29.9 Å². The van der Waals surface area contributed by atoms with E-state index in [2.05, 4.69) is 22.8 Å². The van der Waals surface area contributed by atoms with E-state index in [-0.39, 0.29) is 12.1 Å². The standard InChI is InChI=1S/C23H36ClN3O2S/c1-23(2,3)29-22(28)27-11-7-20(8-12-27)26-21(17-5-4-6-18(24)15-17)16-25-19-9-13-30-14-10-19/h4-6,15,19-21,25-26H,7-14,16H2,1-3H3. The van der Waals surface area contributed by atoms with Gasteiger partial charge in [-0.25, -0.2) is 4.79 Å². The Labute approximate surface area is 190 Å². The highest BCUT2D eigenvalue weighted by atomic mass is 35.5. The zero-order valence-corrected chi connectivity index (χ0v) is 20.0. The summed E-state index contributed by atoms with van der Waals surface area (Å²) in [5.74, 6) is 2.49. The second-order valence-corrected chi connectivity index (χ2v) is 11.0. The van der Waals surface area contributed by atoms with E-state index in [0.717, 1.165) is 37.5 Å². The summed E-state index contributed by atoms with van der Waals surface area (Å²) in [6.07, 6.45) is 4.12. The summed E-state index contributed by atoms with van der Waals surface area (Å²) in [7, 11) is 0. The number of amides is 1. The first-order valence-electron chi connectivity index (χ1n) is 11.1. The summed E-state index contributed by atoms with van der Waals surface area (Å²) in [5.41, 5.74) is 0.766. The van der Waals surface area contributed by atoms with Gasteiger partial charge in [0.15, 0.2) is 0 Å². The van der Waals surface area contributed by atoms with E-state index in [9.17, 15) is 4.79 Å². The molecular formula is C23H36ClN3O2S. The van der Waals surface area contributed by atoms with E-state index >= 15 is 0 Å². The second-order valence-electron chi connectivity index (χ2n) is 9.31. The van der Waals surface area contributed by atoms with Crippen LogP contribution in [0.4, 0.5) is 4.79 Å². The van der Waals surface area contributed by atoms with Gasteiger partial charge in [0, 0.05) is 42.8 Å². The molecule has 0 bridgehead atoms. The third-order valence-corrected chi connectivity index (χ3v) is 6.95. The molecule has 7 heteroatoms. The van der Waals surface area contributed by atoms with Crippen molar-refractivity contribution in [1.29, 1.82) is 0 Å². The van der Waals surface area contributed by atoms with Gasteiger partial charge >= 0.3 is 6.09 Å². The Morgan fingerprint density at radius 3 is 2.53 bits per heavy atom. The van der Waals surface area contributed by atoms with Gasteiger partial charge in [-0.15, -0.1) is 0 Å². The van der Waals surface area contributed by atoms with Crippen LogP contribution in [0.5, 0.6) is 0 Å². The largest absolute Gasteiger partial charge is 0.444 e. The highest BCUT2D eigenvalue weighted by Crippen LogP contribution is 2.23. The lowest BCUT2D eigenvalue weighted by molar-refractivity contribution is 0.0195. The van der Waals surface area contributed by atoms with Gasteiger partial charge in [0.25, 0.3) is 0 Å². The topological polar surface area (TPSA) is 53.6 Å². The van der Waals surface area contributed by atoms with Gasteiger partial charge in [-0.2, -0.15) is 11.8 Å². The number of hydrogen-bond donors (Lipinski definition) is 2. The molecule has 1 aromatic rings. The Bertz CT molecular complexity index is 683. The molecule has 0 radical (unpaired) electrons. The molecule has 2 aliphatic heterocycles. The zero-order chi connectivity index (χ0) is 21.6. The Kier molecular flexibility index (Phi) is 8.75. The van der Waals surface area contributed by atoms with E-state index < -0.39 is 5.60 Å². The van der Waals surface area contributed by atoms with Crippen molar-refractivity contribution in [3.05, 3.63) is 34.9 Å². The molecule has 2 N–H and O–H groups in total. The Morgan fingerprint density at radius 1 is 1.20 bits per heavy atom. The summed E-state index contributed by atoms with van der Waals surface area (Å²) in [6, 6.07) is 9.34. The fraction of sp³-hybridized carbons (Fsp3) is 0.696. The van der Waals surface area contributed by atoms with Crippen LogP contribution in [-0.4, -0.2) is 59.8 Å². The molecular weight excluding hydrogens is 418 g/mol. The molecule has 2 saturated heterocycles. The highest BCUT2D eigenvalue weighted by molar-refractivity contribution is 7.99. The molecule has 0 saturated carbocycles. The van der Waals surface area contributed by atoms with E-state index in [4.69, 9.17) is 16.3 Å². The normalized spacial score (nSPS) is 20.2. The predicted octanol–water partition coefficient (Wildman–Crippen LogP) is 4.86. The minimum absolute atomic E-state index is 0.204. The number of piperidine rings is 1. The summed E-state index contributed by atoms with van der Waals surface area (Å²) in [6.45, 7) is 8.07. The quantitative estimate of drug-likeness (QED) is 0.644. The fourth-order valence-corrected chi connectivity index (χ4v) is 5.33. The van der Waals surface area contributed by atoms with Crippen LogP contribution in [0.1, 0.15) is 58.1 Å². The van der Waals surface area contributed by atoms with Gasteiger partial charge in [0.05, 0.1) is 0 Å². The van der Waals surface area contributed by atoms with E-state index in [0.29, 0.717) is 12.1 Å². The molecule has 30 heavy (non-hydrogen) atoms. The molecule has 1 atom stereocenters. The number of halogens is 1. The smallest absolute Gasteiger partial charge is 0.410 e. The van der Waals surface area contributed by atoms with Gasteiger partial charge in [-0.3, -0.25) is 0 Å². The SMILES string of the molecule is CC(C)(C)OC(=O)N1CCC(NC(CNC2CCSCC2)c2cccc(Cl)c2)CC1. The van der Waals surface area contributed by atoms with Crippen LogP contribution < -0.4 is 10.6 Å². The Hall–Kier alpha value is -0.950. The number of carbonyl (C=O) groups excluding carboxylic acids is 1. The van der Waals surface area contributed by atoms with Gasteiger partial charge < -0.3 is 20.3 Å². The highest BCUT2D eigenvalue weighted by Gasteiger charge is 2.28. The first-order valence-corrected chi connectivity index (χ1v) is 12.6. The van der Waals surface area contributed by atoms with Crippen LogP contribution in [0.15, 0.2) is 24.3 Å². The fourth-order valence-electron chi connectivity index (χ4n) is 4.02. The van der Waals surface area contributed by atoms with Gasteiger partial charge in [0.2, 0.25) is 0 Å². The maximum Gasteiger partial charge on any atom is 0.410 e. The van der Waals surface area contributed by atoms with Crippen molar-refractivity contribution < 1.29 is 9.53 Å². The number of carbonyl (C=O) groups is 1. The van der Waals surface area contributed by atoms with Crippen molar-refractivity contribution in [3.63, 3.8) is 0 Å². The first kappa shape index (κ1) is 23.7. The first-order chi connectivity index (χ1) is 14.3. The van der Waals surface area contributed by atoms with Crippen LogP contribution in [0.2, 0.25) is 5.02 Å². The molecule has 3 rings (SSSR count). The van der Waals surface area contributed by atoms with Crippen LogP contribution in [-0.2, 0) is 4.74 Å². The molecule has 1 amide bonds. The van der Waals surface area contributed by atoms with E-state index in [1.54, 1.807) is 0 Å². The lowest BCUT2D eigenvalue weighted by Crippen LogP contribution is -2.49. The van der Waals surface area contributed by atoms with Crippen LogP contribution in [0, 0.1) is 0 Å². The van der Waals surface area contributed by atoms with Crippen molar-refractivity contribution in [2.24, 2.45) is 0 Å². The van der Waals surface area contributed by atoms with Gasteiger partial charge in [-0.1, -0.05) is 23.7 Å². The number of hydrogen-bond acceptors (Lipinski definition) is 5. The van der Waals surface area contributed by atoms with Crippen LogP contribution >= 0.6 is 23.4 Å². The average molecular weight is 454 g/mol. The summed E-state index contributed by atoms with van der Waals surface area (Å²) in [5, 5.41) is 8.39. The molecule has 2 fully saturated rings. The second kappa shape index (κ2) is 11.1. The number of likely N-dealkylation sites (tertiary alicyclic amines) is 1. The lowest BCUT2D eigenvalue weighted by Gasteiger charge is -2.36. The maximum absolute atomic E-state index is 12.3. The third-order valence-electron chi connectivity index (χ3n) is 5.67. The molecule has 1 aromatic carbocycles. The Balaban J connectivity index is 1.56. The number of ether oxygens (including phenoxy) is 1. The summed E-state index contributed by atoms with van der Waals surface area (Å²) >= 11 is 8.33. The number of nitrogens with one attached hydrogen (secondary N) is 2. The summed E-state index contributed by atoms with van der Waals surface area (Å²) < 4.78 is 5.52.